The molecule has 8 aromatic carbocycles. The molecule has 11 aromatic rings. The lowest BCUT2D eigenvalue weighted by molar-refractivity contribution is 0.432. The molecule has 0 N–H and O–H groups in total. The smallest absolute Gasteiger partial charge is 0.258 e. The second-order valence-corrected chi connectivity index (χ2v) is 15.4. The van der Waals surface area contributed by atoms with Crippen molar-refractivity contribution in [3.63, 3.8) is 0 Å². The van der Waals surface area contributed by atoms with E-state index in [2.05, 4.69) is 150 Å². The van der Waals surface area contributed by atoms with Crippen molar-refractivity contribution in [2.75, 3.05) is 0 Å². The fourth-order valence-corrected chi connectivity index (χ4v) is 7.98. The largest absolute Gasteiger partial charge is 0.334 e. The first-order valence-electron chi connectivity index (χ1n) is 20.0. The van der Waals surface area contributed by atoms with E-state index in [1.54, 1.807) is 0 Å². The summed E-state index contributed by atoms with van der Waals surface area (Å²) in [6, 6.07) is 69.9. The van der Waals surface area contributed by atoms with Crippen LogP contribution < -0.4 is 0 Å². The Morgan fingerprint density at radius 3 is 1.30 bits per heavy atom. The van der Waals surface area contributed by atoms with Crippen LogP contribution >= 0.6 is 15.9 Å². The van der Waals surface area contributed by atoms with E-state index in [-0.39, 0.29) is 0 Å². The summed E-state index contributed by atoms with van der Waals surface area (Å²) >= 11 is 3.39. The molecule has 12 rings (SSSR count). The molecule has 61 heavy (non-hydrogen) atoms. The number of para-hydroxylation sites is 2. The third kappa shape index (κ3) is 7.80. The molecule has 1 aliphatic carbocycles. The standard InChI is InChI=1S/C26H17N3O.C14H9BrN2O.C13H10/c1-2-8-18(9-3-1)25-27-26(30-28-25)19-14-16-20(17-15-19)29-23-12-6-4-10-21(23)22-11-5-7-13-24(22)29;15-12-8-6-11(7-9-12)14-16-13(17-18-14)10-4-2-1-3-5-10;1-3-7-12-10(5-1)9-11-6-2-4-8-13(11)12/h1-17H;1-9H;1-8H,9H2. The highest BCUT2D eigenvalue weighted by Gasteiger charge is 2.17. The van der Waals surface area contributed by atoms with E-state index in [1.807, 2.05) is 97.1 Å². The lowest BCUT2D eigenvalue weighted by Gasteiger charge is -2.08. The van der Waals surface area contributed by atoms with E-state index in [9.17, 15) is 0 Å². The zero-order chi connectivity index (χ0) is 41.0. The van der Waals surface area contributed by atoms with Crippen LogP contribution in [0.2, 0.25) is 0 Å². The molecular formula is C53H36BrN5O2. The molecule has 0 saturated heterocycles. The summed E-state index contributed by atoms with van der Waals surface area (Å²) in [6.07, 6.45) is 1.10. The van der Waals surface area contributed by atoms with Crippen molar-refractivity contribution in [1.82, 2.24) is 24.8 Å². The molecule has 7 nitrogen and oxygen atoms in total. The number of fused-ring (bicyclic) bond motifs is 6. The minimum atomic E-state index is 0.516. The van der Waals surface area contributed by atoms with Crippen LogP contribution in [0.3, 0.4) is 0 Å². The van der Waals surface area contributed by atoms with Crippen LogP contribution in [0.25, 0.3) is 84.3 Å². The van der Waals surface area contributed by atoms with Crippen molar-refractivity contribution in [3.8, 4) is 62.5 Å². The Balaban J connectivity index is 0.000000121. The molecule has 292 valence electrons. The third-order valence-electron chi connectivity index (χ3n) is 10.7. The highest BCUT2D eigenvalue weighted by molar-refractivity contribution is 9.10. The molecule has 0 bridgehead atoms. The van der Waals surface area contributed by atoms with Crippen molar-refractivity contribution in [3.05, 3.63) is 222 Å². The van der Waals surface area contributed by atoms with Gasteiger partial charge in [-0.15, -0.1) is 0 Å². The predicted molar refractivity (Wildman–Crippen MR) is 247 cm³/mol. The summed E-state index contributed by atoms with van der Waals surface area (Å²) in [5.74, 6) is 2.24. The van der Waals surface area contributed by atoms with Crippen LogP contribution in [0.1, 0.15) is 11.1 Å². The maximum Gasteiger partial charge on any atom is 0.258 e. The van der Waals surface area contributed by atoms with Crippen LogP contribution in [0.4, 0.5) is 0 Å². The third-order valence-corrected chi connectivity index (χ3v) is 11.2. The van der Waals surface area contributed by atoms with Crippen LogP contribution in [0.15, 0.2) is 220 Å². The average Bonchev–Trinajstić information content (AvgIpc) is 4.16. The lowest BCUT2D eigenvalue weighted by Crippen LogP contribution is -1.93. The van der Waals surface area contributed by atoms with E-state index in [0.29, 0.717) is 23.4 Å². The fraction of sp³-hybridized carbons (Fsp3) is 0.0189. The van der Waals surface area contributed by atoms with Crippen molar-refractivity contribution in [2.45, 2.75) is 6.42 Å². The molecule has 0 amide bonds. The molecular weight excluding hydrogens is 819 g/mol. The molecule has 0 saturated carbocycles. The molecule has 1 aliphatic rings. The Bertz CT molecular complexity index is 3130. The van der Waals surface area contributed by atoms with E-state index in [0.717, 1.165) is 38.8 Å². The Morgan fingerprint density at radius 1 is 0.393 bits per heavy atom. The molecule has 8 heteroatoms. The zero-order valence-corrected chi connectivity index (χ0v) is 34.4. The molecule has 3 heterocycles. The molecule has 0 fully saturated rings. The number of hydrogen-bond acceptors (Lipinski definition) is 6. The van der Waals surface area contributed by atoms with Gasteiger partial charge in [-0.2, -0.15) is 9.97 Å². The van der Waals surface area contributed by atoms with Crippen molar-refractivity contribution < 1.29 is 9.05 Å². The van der Waals surface area contributed by atoms with Crippen molar-refractivity contribution in [1.29, 1.82) is 0 Å². The van der Waals surface area contributed by atoms with Gasteiger partial charge in [-0.05, 0) is 89.3 Å². The highest BCUT2D eigenvalue weighted by Crippen LogP contribution is 2.36. The summed E-state index contributed by atoms with van der Waals surface area (Å²) in [5.41, 5.74) is 12.9. The van der Waals surface area contributed by atoms with Gasteiger partial charge < -0.3 is 13.6 Å². The predicted octanol–water partition coefficient (Wildman–Crippen LogP) is 13.9. The van der Waals surface area contributed by atoms with Crippen LogP contribution in [0.5, 0.6) is 0 Å². The van der Waals surface area contributed by atoms with Gasteiger partial charge in [0.05, 0.1) is 11.0 Å². The van der Waals surface area contributed by atoms with Gasteiger partial charge in [0.2, 0.25) is 11.6 Å². The average molecular weight is 855 g/mol. The van der Waals surface area contributed by atoms with Gasteiger partial charge in [-0.1, -0.05) is 172 Å². The van der Waals surface area contributed by atoms with Gasteiger partial charge in [-0.3, -0.25) is 0 Å². The van der Waals surface area contributed by atoms with Crippen LogP contribution in [-0.4, -0.2) is 24.8 Å². The van der Waals surface area contributed by atoms with Crippen molar-refractivity contribution in [2.24, 2.45) is 0 Å². The summed E-state index contributed by atoms with van der Waals surface area (Å²) in [7, 11) is 0. The molecule has 0 spiro atoms. The first-order valence-corrected chi connectivity index (χ1v) is 20.7. The molecule has 0 unspecified atom stereocenters. The van der Waals surface area contributed by atoms with Gasteiger partial charge in [-0.25, -0.2) is 0 Å². The molecule has 0 aliphatic heterocycles. The van der Waals surface area contributed by atoms with Gasteiger partial charge in [0.25, 0.3) is 11.8 Å². The van der Waals surface area contributed by atoms with E-state index >= 15 is 0 Å². The van der Waals surface area contributed by atoms with Gasteiger partial charge in [0.1, 0.15) is 0 Å². The minimum Gasteiger partial charge on any atom is -0.334 e. The second-order valence-electron chi connectivity index (χ2n) is 14.5. The van der Waals surface area contributed by atoms with Crippen LogP contribution in [0, 0.1) is 0 Å². The maximum atomic E-state index is 5.51. The number of nitrogens with zero attached hydrogens (tertiary/aromatic N) is 5. The fourth-order valence-electron chi connectivity index (χ4n) is 7.72. The Kier molecular flexibility index (Phi) is 10.4. The van der Waals surface area contributed by atoms with Crippen LogP contribution in [-0.2, 0) is 6.42 Å². The number of halogens is 1. The first kappa shape index (κ1) is 37.6. The van der Waals surface area contributed by atoms with Gasteiger partial charge in [0.15, 0.2) is 0 Å². The highest BCUT2D eigenvalue weighted by atomic mass is 79.9. The van der Waals surface area contributed by atoms with Gasteiger partial charge >= 0.3 is 0 Å². The summed E-state index contributed by atoms with van der Waals surface area (Å²) in [4.78, 5) is 8.95. The topological polar surface area (TPSA) is 82.8 Å². The Labute approximate surface area is 360 Å². The molecule has 3 aromatic heterocycles. The normalized spacial score (nSPS) is 11.3. The summed E-state index contributed by atoms with van der Waals surface area (Å²) in [6.45, 7) is 0. The first-order chi connectivity index (χ1) is 30.2. The number of aromatic nitrogens is 5. The number of benzene rings is 8. The molecule has 0 radical (unpaired) electrons. The zero-order valence-electron chi connectivity index (χ0n) is 32.8. The van der Waals surface area contributed by atoms with E-state index < -0.39 is 0 Å². The lowest BCUT2D eigenvalue weighted by atomic mass is 10.1. The van der Waals surface area contributed by atoms with Crippen molar-refractivity contribution >= 4 is 37.7 Å². The monoisotopic (exact) mass is 853 g/mol. The quantitative estimate of drug-likeness (QED) is 0.171. The summed E-state index contributed by atoms with van der Waals surface area (Å²) < 4.78 is 14.1. The van der Waals surface area contributed by atoms with E-state index in [1.165, 1.54) is 44.1 Å². The van der Waals surface area contributed by atoms with E-state index in [4.69, 9.17) is 9.05 Å². The SMILES string of the molecule is Brc1ccc(-c2nc(-c3ccccc3)no2)cc1.c1ccc(-c2noc(-c3ccc(-n4c5ccccc5c5ccccc54)cc3)n2)cc1.c1ccc2c(c1)Cc1ccccc1-2. The second kappa shape index (κ2) is 16.9. The number of rotatable bonds is 5. The summed E-state index contributed by atoms with van der Waals surface area (Å²) in [5, 5.41) is 10.6. The number of hydrogen-bond donors (Lipinski definition) is 0. The molecule has 0 atom stereocenters. The van der Waals surface area contributed by atoms with Gasteiger partial charge in [0, 0.05) is 43.2 Å². The Hall–Kier alpha value is -7.68. The minimum absolute atomic E-state index is 0.516. The Morgan fingerprint density at radius 2 is 0.803 bits per heavy atom. The maximum absolute atomic E-state index is 5.51.